The van der Waals surface area contributed by atoms with E-state index in [1.807, 2.05) is 36.4 Å². The van der Waals surface area contributed by atoms with Crippen molar-refractivity contribution in [2.24, 2.45) is 0 Å². The fraction of sp³-hybridized carbons (Fsp3) is 0.316. The average molecular weight is 329 g/mol. The maximum Gasteiger partial charge on any atom is 0.224 e. The van der Waals surface area contributed by atoms with Gasteiger partial charge in [0.1, 0.15) is 0 Å². The Morgan fingerprint density at radius 1 is 1.17 bits per heavy atom. The van der Waals surface area contributed by atoms with Crippen molar-refractivity contribution in [2.45, 2.75) is 25.2 Å². The summed E-state index contributed by atoms with van der Waals surface area (Å²) < 4.78 is 0. The van der Waals surface area contributed by atoms with Gasteiger partial charge in [-0.3, -0.25) is 4.79 Å². The second kappa shape index (κ2) is 7.62. The lowest BCUT2D eigenvalue weighted by atomic mass is 9.98. The number of anilines is 1. The van der Waals surface area contributed by atoms with Crippen LogP contribution in [0.15, 0.2) is 48.5 Å². The molecule has 2 aromatic rings. The molecule has 3 nitrogen and oxygen atoms in total. The second-order valence-electron chi connectivity index (χ2n) is 5.95. The minimum atomic E-state index is 0.0141. The van der Waals surface area contributed by atoms with Gasteiger partial charge in [-0.2, -0.15) is 0 Å². The van der Waals surface area contributed by atoms with Crippen LogP contribution in [0.25, 0.3) is 0 Å². The third kappa shape index (κ3) is 4.34. The summed E-state index contributed by atoms with van der Waals surface area (Å²) in [5.41, 5.74) is 3.20. The number of hydrogen-bond donors (Lipinski definition) is 2. The predicted molar refractivity (Wildman–Crippen MR) is 95.1 cm³/mol. The Labute approximate surface area is 142 Å². The minimum absolute atomic E-state index is 0.0141. The Hall–Kier alpha value is -1.84. The Kier molecular flexibility index (Phi) is 5.31. The molecule has 1 heterocycles. The van der Waals surface area contributed by atoms with Gasteiger partial charge in [-0.05, 0) is 54.6 Å². The van der Waals surface area contributed by atoms with Crippen molar-refractivity contribution in [3.05, 3.63) is 64.7 Å². The second-order valence-corrected chi connectivity index (χ2v) is 6.36. The third-order valence-corrected chi connectivity index (χ3v) is 4.67. The van der Waals surface area contributed by atoms with Gasteiger partial charge >= 0.3 is 0 Å². The molecular weight excluding hydrogens is 308 g/mol. The molecule has 1 amide bonds. The highest BCUT2D eigenvalue weighted by Gasteiger charge is 2.16. The Morgan fingerprint density at radius 3 is 2.65 bits per heavy atom. The fourth-order valence-corrected chi connectivity index (χ4v) is 3.18. The van der Waals surface area contributed by atoms with Gasteiger partial charge in [-0.25, -0.2) is 0 Å². The van der Waals surface area contributed by atoms with Crippen LogP contribution in [0.5, 0.6) is 0 Å². The van der Waals surface area contributed by atoms with E-state index in [-0.39, 0.29) is 5.91 Å². The van der Waals surface area contributed by atoms with Crippen molar-refractivity contribution in [3.63, 3.8) is 0 Å². The van der Waals surface area contributed by atoms with E-state index in [1.54, 1.807) is 0 Å². The summed E-state index contributed by atoms with van der Waals surface area (Å²) in [5.74, 6) is 0.611. The summed E-state index contributed by atoms with van der Waals surface area (Å²) in [6.45, 7) is 2.13. The lowest BCUT2D eigenvalue weighted by molar-refractivity contribution is -0.116. The van der Waals surface area contributed by atoms with Crippen LogP contribution in [-0.4, -0.2) is 19.0 Å². The van der Waals surface area contributed by atoms with Crippen molar-refractivity contribution >= 4 is 23.2 Å². The van der Waals surface area contributed by atoms with Crippen LogP contribution in [0.4, 0.5) is 5.69 Å². The molecule has 1 atom stereocenters. The summed E-state index contributed by atoms with van der Waals surface area (Å²) in [5, 5.41) is 7.04. The molecule has 0 unspecified atom stereocenters. The van der Waals surface area contributed by atoms with Gasteiger partial charge in [0.05, 0.1) is 0 Å². The number of carbonyl (C=O) groups excluding carboxylic acids is 1. The lowest BCUT2D eigenvalue weighted by Crippen LogP contribution is -2.12. The zero-order chi connectivity index (χ0) is 16.1. The highest BCUT2D eigenvalue weighted by Crippen LogP contribution is 2.23. The molecule has 23 heavy (non-hydrogen) atoms. The molecule has 4 heteroatoms. The topological polar surface area (TPSA) is 41.1 Å². The molecule has 0 saturated carbocycles. The number of amides is 1. The molecule has 0 spiro atoms. The summed E-state index contributed by atoms with van der Waals surface area (Å²) >= 11 is 6.11. The van der Waals surface area contributed by atoms with Gasteiger partial charge < -0.3 is 10.6 Å². The molecule has 1 aliphatic heterocycles. The Balaban J connectivity index is 1.52. The van der Waals surface area contributed by atoms with E-state index in [1.165, 1.54) is 12.0 Å². The molecule has 0 aliphatic carbocycles. The molecule has 2 N–H and O–H groups in total. The number of halogens is 1. The van der Waals surface area contributed by atoms with E-state index >= 15 is 0 Å². The summed E-state index contributed by atoms with van der Waals surface area (Å²) in [7, 11) is 0. The monoisotopic (exact) mass is 328 g/mol. The fourth-order valence-electron chi connectivity index (χ4n) is 2.95. The largest absolute Gasteiger partial charge is 0.326 e. The Bertz CT molecular complexity index is 663. The van der Waals surface area contributed by atoms with E-state index in [4.69, 9.17) is 11.6 Å². The minimum Gasteiger partial charge on any atom is -0.326 e. The molecular formula is C19H21ClN2O. The van der Waals surface area contributed by atoms with Gasteiger partial charge in [0.15, 0.2) is 0 Å². The maximum absolute atomic E-state index is 12.1. The van der Waals surface area contributed by atoms with Gasteiger partial charge in [0.25, 0.3) is 0 Å². The zero-order valence-corrected chi connectivity index (χ0v) is 13.8. The van der Waals surface area contributed by atoms with Crippen LogP contribution < -0.4 is 10.6 Å². The van der Waals surface area contributed by atoms with Crippen LogP contribution >= 0.6 is 11.6 Å². The summed E-state index contributed by atoms with van der Waals surface area (Å²) in [6.07, 6.45) is 2.26. The number of aryl methyl sites for hydroxylation is 1. The van der Waals surface area contributed by atoms with Crippen LogP contribution in [0.1, 0.15) is 29.9 Å². The van der Waals surface area contributed by atoms with Crippen LogP contribution in [0.2, 0.25) is 5.02 Å². The van der Waals surface area contributed by atoms with Crippen molar-refractivity contribution in [1.82, 2.24) is 5.32 Å². The molecule has 0 bridgehead atoms. The summed E-state index contributed by atoms with van der Waals surface area (Å²) in [4.78, 5) is 12.1. The smallest absolute Gasteiger partial charge is 0.224 e. The highest BCUT2D eigenvalue weighted by atomic mass is 35.5. The van der Waals surface area contributed by atoms with Crippen molar-refractivity contribution in [2.75, 3.05) is 18.4 Å². The third-order valence-electron chi connectivity index (χ3n) is 4.31. The quantitative estimate of drug-likeness (QED) is 0.871. The van der Waals surface area contributed by atoms with Gasteiger partial charge in [-0.1, -0.05) is 41.9 Å². The lowest BCUT2D eigenvalue weighted by Gasteiger charge is -2.10. The van der Waals surface area contributed by atoms with E-state index < -0.39 is 0 Å². The van der Waals surface area contributed by atoms with Crippen LogP contribution in [0, 0.1) is 0 Å². The first-order chi connectivity index (χ1) is 11.2. The van der Waals surface area contributed by atoms with E-state index in [0.717, 1.165) is 29.4 Å². The van der Waals surface area contributed by atoms with Crippen molar-refractivity contribution in [1.29, 1.82) is 0 Å². The molecule has 1 aliphatic rings. The first-order valence-electron chi connectivity index (χ1n) is 8.06. The van der Waals surface area contributed by atoms with Crippen LogP contribution in [-0.2, 0) is 11.2 Å². The highest BCUT2D eigenvalue weighted by molar-refractivity contribution is 6.31. The maximum atomic E-state index is 12.1. The van der Waals surface area contributed by atoms with Gasteiger partial charge in [0, 0.05) is 23.7 Å². The van der Waals surface area contributed by atoms with Crippen LogP contribution in [0.3, 0.4) is 0 Å². The molecule has 1 saturated heterocycles. The van der Waals surface area contributed by atoms with Gasteiger partial charge in [-0.15, -0.1) is 0 Å². The number of nitrogens with one attached hydrogen (secondary N) is 2. The zero-order valence-electron chi connectivity index (χ0n) is 13.0. The number of hydrogen-bond acceptors (Lipinski definition) is 2. The average Bonchev–Trinajstić information content (AvgIpc) is 3.09. The standard InChI is InChI=1S/C19H21ClN2O/c20-18-4-2-1-3-15(18)7-10-19(23)22-17-8-5-14(6-9-17)16-11-12-21-13-16/h1-6,8-9,16,21H,7,10-13H2,(H,22,23)/t16-/m1/s1. The van der Waals surface area contributed by atoms with E-state index in [2.05, 4.69) is 22.8 Å². The number of carbonyl (C=O) groups is 1. The van der Waals surface area contributed by atoms with Crippen molar-refractivity contribution < 1.29 is 4.79 Å². The van der Waals surface area contributed by atoms with E-state index in [9.17, 15) is 4.79 Å². The first kappa shape index (κ1) is 16.0. The molecule has 1 fully saturated rings. The normalized spacial score (nSPS) is 17.2. The summed E-state index contributed by atoms with van der Waals surface area (Å²) in [6, 6.07) is 15.8. The first-order valence-corrected chi connectivity index (χ1v) is 8.44. The SMILES string of the molecule is O=C(CCc1ccccc1Cl)Nc1ccc([C@@H]2CCNC2)cc1. The number of rotatable bonds is 5. The number of benzene rings is 2. The molecule has 120 valence electrons. The predicted octanol–water partition coefficient (Wildman–Crippen LogP) is 3.99. The van der Waals surface area contributed by atoms with Crippen molar-refractivity contribution in [3.8, 4) is 0 Å². The molecule has 0 radical (unpaired) electrons. The Morgan fingerprint density at radius 2 is 1.96 bits per heavy atom. The van der Waals surface area contributed by atoms with Gasteiger partial charge in [0.2, 0.25) is 5.91 Å². The van der Waals surface area contributed by atoms with E-state index in [0.29, 0.717) is 18.8 Å². The molecule has 2 aromatic carbocycles. The molecule has 3 rings (SSSR count). The molecule has 0 aromatic heterocycles.